The SMILES string of the molecule is CCOc1nc(NC)nc(SC2CCCC(C)C2)n1. The lowest BCUT2D eigenvalue weighted by atomic mass is 9.91. The highest BCUT2D eigenvalue weighted by Gasteiger charge is 2.21. The van der Waals surface area contributed by atoms with Crippen LogP contribution in [0.1, 0.15) is 39.5 Å². The summed E-state index contributed by atoms with van der Waals surface area (Å²) in [4.78, 5) is 13.0. The Balaban J connectivity index is 2.07. The van der Waals surface area contributed by atoms with Crippen LogP contribution in [-0.4, -0.2) is 33.9 Å². The lowest BCUT2D eigenvalue weighted by molar-refractivity contribution is 0.308. The molecule has 1 aromatic rings. The molecule has 2 rings (SSSR count). The zero-order valence-electron chi connectivity index (χ0n) is 11.8. The highest BCUT2D eigenvalue weighted by molar-refractivity contribution is 7.99. The van der Waals surface area contributed by atoms with Gasteiger partial charge in [-0.15, -0.1) is 0 Å². The number of anilines is 1. The van der Waals surface area contributed by atoms with Crippen LogP contribution in [-0.2, 0) is 0 Å². The first-order chi connectivity index (χ1) is 9.21. The normalized spacial score (nSPS) is 23.1. The number of hydrogen-bond donors (Lipinski definition) is 1. The molecule has 2 atom stereocenters. The Bertz CT molecular complexity index is 416. The summed E-state index contributed by atoms with van der Waals surface area (Å²) in [5.41, 5.74) is 0. The van der Waals surface area contributed by atoms with E-state index in [9.17, 15) is 0 Å². The monoisotopic (exact) mass is 282 g/mol. The molecule has 1 aliphatic carbocycles. The minimum atomic E-state index is 0.410. The highest BCUT2D eigenvalue weighted by Crippen LogP contribution is 2.35. The Hall–Kier alpha value is -1.04. The number of ether oxygens (including phenoxy) is 1. The molecule has 1 aliphatic rings. The van der Waals surface area contributed by atoms with Crippen molar-refractivity contribution in [3.63, 3.8) is 0 Å². The maximum absolute atomic E-state index is 5.38. The molecule has 1 N–H and O–H groups in total. The van der Waals surface area contributed by atoms with E-state index in [4.69, 9.17) is 4.74 Å². The Labute approximate surface area is 119 Å². The molecule has 6 heteroatoms. The zero-order chi connectivity index (χ0) is 13.7. The van der Waals surface area contributed by atoms with Crippen molar-refractivity contribution in [3.05, 3.63) is 0 Å². The van der Waals surface area contributed by atoms with Gasteiger partial charge in [0.2, 0.25) is 5.95 Å². The van der Waals surface area contributed by atoms with Crippen LogP contribution in [0.15, 0.2) is 5.16 Å². The van der Waals surface area contributed by atoms with Gasteiger partial charge in [-0.3, -0.25) is 0 Å². The van der Waals surface area contributed by atoms with E-state index in [1.807, 2.05) is 14.0 Å². The third kappa shape index (κ3) is 4.23. The fourth-order valence-electron chi connectivity index (χ4n) is 2.33. The largest absolute Gasteiger partial charge is 0.464 e. The molecular formula is C13H22N4OS. The smallest absolute Gasteiger partial charge is 0.322 e. The summed E-state index contributed by atoms with van der Waals surface area (Å²) >= 11 is 1.76. The van der Waals surface area contributed by atoms with Crippen LogP contribution < -0.4 is 10.1 Å². The number of hydrogen-bond acceptors (Lipinski definition) is 6. The van der Waals surface area contributed by atoms with Gasteiger partial charge in [0.15, 0.2) is 5.16 Å². The predicted octanol–water partition coefficient (Wildman–Crippen LogP) is 2.98. The molecule has 106 valence electrons. The molecule has 1 aromatic heterocycles. The van der Waals surface area contributed by atoms with E-state index in [0.717, 1.165) is 11.1 Å². The Morgan fingerprint density at radius 1 is 1.32 bits per heavy atom. The molecule has 0 amide bonds. The lowest BCUT2D eigenvalue weighted by Crippen LogP contribution is -2.16. The average Bonchev–Trinajstić information content (AvgIpc) is 2.39. The molecule has 5 nitrogen and oxygen atoms in total. The summed E-state index contributed by atoms with van der Waals surface area (Å²) in [6, 6.07) is 0.410. The van der Waals surface area contributed by atoms with Crippen LogP contribution in [0.5, 0.6) is 6.01 Å². The van der Waals surface area contributed by atoms with Crippen LogP contribution in [0, 0.1) is 5.92 Å². The van der Waals surface area contributed by atoms with Crippen LogP contribution in [0.4, 0.5) is 5.95 Å². The van der Waals surface area contributed by atoms with E-state index < -0.39 is 0 Å². The molecule has 0 saturated heterocycles. The van der Waals surface area contributed by atoms with Crippen LogP contribution in [0.3, 0.4) is 0 Å². The Kier molecular flexibility index (Phi) is 5.24. The average molecular weight is 282 g/mol. The number of aromatic nitrogens is 3. The second kappa shape index (κ2) is 6.93. The number of rotatable bonds is 5. The van der Waals surface area contributed by atoms with E-state index in [1.54, 1.807) is 11.8 Å². The Morgan fingerprint density at radius 2 is 2.16 bits per heavy atom. The second-order valence-corrected chi connectivity index (χ2v) is 6.19. The number of nitrogens with zero attached hydrogens (tertiary/aromatic N) is 3. The minimum absolute atomic E-state index is 0.410. The molecular weight excluding hydrogens is 260 g/mol. The number of thioether (sulfide) groups is 1. The third-order valence-corrected chi connectivity index (χ3v) is 4.41. The summed E-state index contributed by atoms with van der Waals surface area (Å²) in [5.74, 6) is 1.38. The van der Waals surface area contributed by atoms with Crippen molar-refractivity contribution in [2.75, 3.05) is 19.0 Å². The third-order valence-electron chi connectivity index (χ3n) is 3.25. The molecule has 0 aliphatic heterocycles. The molecule has 2 unspecified atom stereocenters. The van der Waals surface area contributed by atoms with Gasteiger partial charge in [-0.1, -0.05) is 31.5 Å². The summed E-state index contributed by atoms with van der Waals surface area (Å²) in [7, 11) is 1.81. The second-order valence-electron chi connectivity index (χ2n) is 4.92. The molecule has 0 bridgehead atoms. The van der Waals surface area contributed by atoms with Crippen molar-refractivity contribution >= 4 is 17.7 Å². The molecule has 0 radical (unpaired) electrons. The van der Waals surface area contributed by atoms with Crippen LogP contribution in [0.25, 0.3) is 0 Å². The highest BCUT2D eigenvalue weighted by atomic mass is 32.2. The summed E-state index contributed by atoms with van der Waals surface area (Å²) in [6.45, 7) is 4.82. The predicted molar refractivity (Wildman–Crippen MR) is 77.8 cm³/mol. The molecule has 0 aromatic carbocycles. The molecule has 1 heterocycles. The van der Waals surface area contributed by atoms with Crippen molar-refractivity contribution in [2.24, 2.45) is 5.92 Å². The van der Waals surface area contributed by atoms with Gasteiger partial charge < -0.3 is 10.1 Å². The van der Waals surface area contributed by atoms with Gasteiger partial charge in [-0.2, -0.15) is 15.0 Å². The van der Waals surface area contributed by atoms with Gasteiger partial charge in [-0.25, -0.2) is 0 Å². The standard InChI is InChI=1S/C13H22N4OS/c1-4-18-12-15-11(14-3)16-13(17-12)19-10-7-5-6-9(2)8-10/h9-10H,4-8H2,1-3H3,(H,14,15,16,17). The van der Waals surface area contributed by atoms with Gasteiger partial charge in [0.1, 0.15) is 0 Å². The van der Waals surface area contributed by atoms with Crippen LogP contribution >= 0.6 is 11.8 Å². The first-order valence-electron chi connectivity index (χ1n) is 6.94. The van der Waals surface area contributed by atoms with Crippen molar-refractivity contribution in [3.8, 4) is 6.01 Å². The van der Waals surface area contributed by atoms with Crippen molar-refractivity contribution < 1.29 is 4.74 Å². The van der Waals surface area contributed by atoms with Crippen molar-refractivity contribution in [1.29, 1.82) is 0 Å². The molecule has 19 heavy (non-hydrogen) atoms. The molecule has 1 fully saturated rings. The summed E-state index contributed by atoms with van der Waals surface area (Å²) in [5, 5.41) is 4.34. The van der Waals surface area contributed by atoms with E-state index >= 15 is 0 Å². The van der Waals surface area contributed by atoms with Gasteiger partial charge in [0.25, 0.3) is 0 Å². The molecule has 0 spiro atoms. The first-order valence-corrected chi connectivity index (χ1v) is 7.82. The topological polar surface area (TPSA) is 59.9 Å². The van der Waals surface area contributed by atoms with Crippen molar-refractivity contribution in [2.45, 2.75) is 49.9 Å². The van der Waals surface area contributed by atoms with Gasteiger partial charge in [0, 0.05) is 12.3 Å². The van der Waals surface area contributed by atoms with E-state index in [2.05, 4.69) is 27.2 Å². The summed E-state index contributed by atoms with van der Waals surface area (Å²) in [6.07, 6.45) is 5.15. The fourth-order valence-corrected chi connectivity index (χ4v) is 3.61. The number of nitrogens with one attached hydrogen (secondary N) is 1. The maximum Gasteiger partial charge on any atom is 0.322 e. The van der Waals surface area contributed by atoms with Gasteiger partial charge >= 0.3 is 6.01 Å². The Morgan fingerprint density at radius 3 is 2.84 bits per heavy atom. The van der Waals surface area contributed by atoms with E-state index in [-0.39, 0.29) is 0 Å². The maximum atomic E-state index is 5.38. The minimum Gasteiger partial charge on any atom is -0.464 e. The van der Waals surface area contributed by atoms with Crippen molar-refractivity contribution in [1.82, 2.24) is 15.0 Å². The lowest BCUT2D eigenvalue weighted by Gasteiger charge is -2.25. The zero-order valence-corrected chi connectivity index (χ0v) is 12.7. The quantitative estimate of drug-likeness (QED) is 0.896. The van der Waals surface area contributed by atoms with E-state index in [1.165, 1.54) is 25.7 Å². The fraction of sp³-hybridized carbons (Fsp3) is 0.769. The van der Waals surface area contributed by atoms with E-state index in [0.29, 0.717) is 23.8 Å². The van der Waals surface area contributed by atoms with Gasteiger partial charge in [-0.05, 0) is 25.7 Å². The van der Waals surface area contributed by atoms with Crippen LogP contribution in [0.2, 0.25) is 0 Å². The van der Waals surface area contributed by atoms with Gasteiger partial charge in [0.05, 0.1) is 6.61 Å². The molecule has 1 saturated carbocycles. The summed E-state index contributed by atoms with van der Waals surface area (Å²) < 4.78 is 5.38. The first kappa shape index (κ1) is 14.4.